The Bertz CT molecular complexity index is 1280. The van der Waals surface area contributed by atoms with Crippen molar-refractivity contribution in [3.63, 3.8) is 0 Å². The van der Waals surface area contributed by atoms with Gasteiger partial charge in [-0.15, -0.1) is 0 Å². The van der Waals surface area contributed by atoms with Gasteiger partial charge >= 0.3 is 0 Å². The molecule has 0 fully saturated rings. The molecule has 5 heteroatoms. The van der Waals surface area contributed by atoms with Crippen LogP contribution in [-0.4, -0.2) is 23.1 Å². The number of fused-ring (bicyclic) bond motifs is 1. The summed E-state index contributed by atoms with van der Waals surface area (Å²) in [5.41, 5.74) is 5.30. The maximum absolute atomic E-state index is 9.03. The van der Waals surface area contributed by atoms with Crippen LogP contribution < -0.4 is 10.1 Å². The van der Waals surface area contributed by atoms with Gasteiger partial charge in [-0.25, -0.2) is 9.97 Å². The van der Waals surface area contributed by atoms with Crippen LogP contribution in [-0.2, 0) is 12.8 Å². The largest absolute Gasteiger partial charge is 0.494 e. The molecule has 0 amide bonds. The molecule has 0 saturated carbocycles. The molecule has 1 N–H and O–H groups in total. The molecule has 4 rings (SSSR count). The summed E-state index contributed by atoms with van der Waals surface area (Å²) in [4.78, 5) is 8.81. The zero-order chi connectivity index (χ0) is 22.3. The number of aryl methyl sites for hydroxylation is 1. The summed E-state index contributed by atoms with van der Waals surface area (Å²) in [6.45, 7) is 5.45. The molecule has 0 aliphatic heterocycles. The van der Waals surface area contributed by atoms with Gasteiger partial charge in [0.25, 0.3) is 0 Å². The van der Waals surface area contributed by atoms with Gasteiger partial charge in [-0.2, -0.15) is 5.26 Å². The molecule has 0 bridgehead atoms. The molecule has 0 aliphatic rings. The van der Waals surface area contributed by atoms with Crippen molar-refractivity contribution in [3.8, 4) is 23.1 Å². The highest BCUT2D eigenvalue weighted by Gasteiger charge is 2.09. The molecule has 3 aromatic carbocycles. The van der Waals surface area contributed by atoms with Gasteiger partial charge < -0.3 is 10.1 Å². The van der Waals surface area contributed by atoms with Crippen molar-refractivity contribution < 1.29 is 4.74 Å². The molecule has 0 saturated heterocycles. The third-order valence-corrected chi connectivity index (χ3v) is 5.61. The number of hydrogen-bond donors (Lipinski definition) is 1. The highest BCUT2D eigenvalue weighted by Crippen LogP contribution is 2.28. The first-order chi connectivity index (χ1) is 15.7. The van der Waals surface area contributed by atoms with Crippen LogP contribution >= 0.6 is 0 Å². The predicted molar refractivity (Wildman–Crippen MR) is 129 cm³/mol. The van der Waals surface area contributed by atoms with Crippen LogP contribution in [0.25, 0.3) is 22.0 Å². The minimum absolute atomic E-state index is 0.320. The van der Waals surface area contributed by atoms with E-state index in [1.54, 1.807) is 6.33 Å². The smallest absolute Gasteiger partial charge is 0.129 e. The summed E-state index contributed by atoms with van der Waals surface area (Å²) >= 11 is 0. The molecule has 4 aromatic rings. The van der Waals surface area contributed by atoms with Crippen molar-refractivity contribution in [1.82, 2.24) is 9.97 Å². The summed E-state index contributed by atoms with van der Waals surface area (Å²) in [5.74, 6) is 1.51. The fourth-order valence-corrected chi connectivity index (χ4v) is 3.92. The van der Waals surface area contributed by atoms with Gasteiger partial charge in [0.15, 0.2) is 0 Å². The van der Waals surface area contributed by atoms with Crippen molar-refractivity contribution in [2.45, 2.75) is 26.7 Å². The van der Waals surface area contributed by atoms with E-state index in [0.29, 0.717) is 13.0 Å². The Morgan fingerprint density at radius 3 is 2.69 bits per heavy atom. The fourth-order valence-electron chi connectivity index (χ4n) is 3.92. The van der Waals surface area contributed by atoms with E-state index in [2.05, 4.69) is 64.7 Å². The average Bonchev–Trinajstić information content (AvgIpc) is 2.82. The number of benzene rings is 3. The Hall–Kier alpha value is -3.91. The lowest BCUT2D eigenvalue weighted by atomic mass is 9.98. The lowest BCUT2D eigenvalue weighted by Gasteiger charge is -2.12. The molecular formula is C27H26N4O. The van der Waals surface area contributed by atoms with Gasteiger partial charge in [0.2, 0.25) is 0 Å². The van der Waals surface area contributed by atoms with Crippen LogP contribution in [0.15, 0.2) is 67.0 Å². The van der Waals surface area contributed by atoms with Crippen molar-refractivity contribution in [3.05, 3.63) is 83.7 Å². The van der Waals surface area contributed by atoms with Crippen LogP contribution in [0.4, 0.5) is 5.82 Å². The van der Waals surface area contributed by atoms with E-state index in [0.717, 1.165) is 41.4 Å². The highest BCUT2D eigenvalue weighted by atomic mass is 16.5. The summed E-state index contributed by atoms with van der Waals surface area (Å²) in [5, 5.41) is 15.0. The van der Waals surface area contributed by atoms with E-state index in [1.807, 2.05) is 31.2 Å². The van der Waals surface area contributed by atoms with E-state index < -0.39 is 0 Å². The first-order valence-corrected chi connectivity index (χ1v) is 10.9. The molecule has 1 heterocycles. The van der Waals surface area contributed by atoms with Crippen molar-refractivity contribution in [2.75, 3.05) is 18.5 Å². The van der Waals surface area contributed by atoms with E-state index in [9.17, 15) is 0 Å². The van der Waals surface area contributed by atoms with Gasteiger partial charge in [-0.05, 0) is 48.2 Å². The number of nitriles is 1. The number of nitrogens with zero attached hydrogens (tertiary/aromatic N) is 3. The Labute approximate surface area is 188 Å². The molecule has 0 unspecified atom stereocenters. The maximum Gasteiger partial charge on any atom is 0.129 e. The average molecular weight is 423 g/mol. The normalized spacial score (nSPS) is 10.7. The van der Waals surface area contributed by atoms with E-state index in [1.165, 1.54) is 21.9 Å². The molecule has 5 nitrogen and oxygen atoms in total. The van der Waals surface area contributed by atoms with Crippen molar-refractivity contribution in [1.29, 1.82) is 5.26 Å². The molecule has 0 spiro atoms. The van der Waals surface area contributed by atoms with Crippen LogP contribution in [0.5, 0.6) is 5.75 Å². The number of rotatable bonds is 8. The summed E-state index contributed by atoms with van der Waals surface area (Å²) in [6.07, 6.45) is 2.80. The van der Waals surface area contributed by atoms with Gasteiger partial charge in [-0.3, -0.25) is 0 Å². The Morgan fingerprint density at radius 2 is 1.84 bits per heavy atom. The second-order valence-corrected chi connectivity index (χ2v) is 7.63. The number of nitrogens with one attached hydrogen (secondary N) is 1. The van der Waals surface area contributed by atoms with Crippen LogP contribution in [0.1, 0.15) is 23.6 Å². The number of ether oxygens (including phenoxy) is 1. The van der Waals surface area contributed by atoms with Crippen LogP contribution in [0, 0.1) is 18.3 Å². The minimum atomic E-state index is 0.320. The van der Waals surface area contributed by atoms with Gasteiger partial charge in [0.1, 0.15) is 17.9 Å². The Morgan fingerprint density at radius 1 is 1.00 bits per heavy atom. The maximum atomic E-state index is 9.03. The highest BCUT2D eigenvalue weighted by molar-refractivity contribution is 5.86. The number of aromatic nitrogens is 2. The second-order valence-electron chi connectivity index (χ2n) is 7.63. The summed E-state index contributed by atoms with van der Waals surface area (Å²) in [7, 11) is 0. The minimum Gasteiger partial charge on any atom is -0.494 e. The standard InChI is InChI=1S/C27H26N4O/c1-3-32-26-16-23(11-10-22(26)12-14-28)25-17-27(31-18-30-25)29-15-13-20-8-9-21-6-4-5-7-24(21)19(20)2/h4-11,16-18H,3,12-13,15H2,1-2H3,(H,29,30,31). The fraction of sp³-hybridized carbons (Fsp3) is 0.222. The van der Waals surface area contributed by atoms with E-state index >= 15 is 0 Å². The van der Waals surface area contributed by atoms with Gasteiger partial charge in [0.05, 0.1) is 24.8 Å². The topological polar surface area (TPSA) is 70.8 Å². The monoisotopic (exact) mass is 422 g/mol. The summed E-state index contributed by atoms with van der Waals surface area (Å²) < 4.78 is 5.73. The Kier molecular flexibility index (Phi) is 6.62. The molecule has 160 valence electrons. The molecular weight excluding hydrogens is 396 g/mol. The third kappa shape index (κ3) is 4.70. The first kappa shape index (κ1) is 21.3. The quantitative estimate of drug-likeness (QED) is 0.393. The number of hydrogen-bond acceptors (Lipinski definition) is 5. The Balaban J connectivity index is 1.48. The van der Waals surface area contributed by atoms with E-state index in [4.69, 9.17) is 10.00 Å². The van der Waals surface area contributed by atoms with E-state index in [-0.39, 0.29) is 0 Å². The van der Waals surface area contributed by atoms with Crippen LogP contribution in [0.2, 0.25) is 0 Å². The first-order valence-electron chi connectivity index (χ1n) is 10.9. The lowest BCUT2D eigenvalue weighted by Crippen LogP contribution is -2.07. The summed E-state index contributed by atoms with van der Waals surface area (Å²) in [6, 6.07) is 22.9. The number of anilines is 1. The zero-order valence-electron chi connectivity index (χ0n) is 18.4. The third-order valence-electron chi connectivity index (χ3n) is 5.61. The van der Waals surface area contributed by atoms with Gasteiger partial charge in [0, 0.05) is 23.7 Å². The van der Waals surface area contributed by atoms with Crippen molar-refractivity contribution in [2.24, 2.45) is 0 Å². The molecule has 0 atom stereocenters. The van der Waals surface area contributed by atoms with Gasteiger partial charge in [-0.1, -0.05) is 48.5 Å². The van der Waals surface area contributed by atoms with Crippen molar-refractivity contribution >= 4 is 16.6 Å². The molecule has 0 radical (unpaired) electrons. The molecule has 1 aromatic heterocycles. The van der Waals surface area contributed by atoms with Crippen LogP contribution in [0.3, 0.4) is 0 Å². The SMILES string of the molecule is CCOc1cc(-c2cc(NCCc3ccc4ccccc4c3C)ncn2)ccc1CC#N. The molecule has 32 heavy (non-hydrogen) atoms. The molecule has 0 aliphatic carbocycles. The second kappa shape index (κ2) is 9.93. The zero-order valence-corrected chi connectivity index (χ0v) is 18.4. The lowest BCUT2D eigenvalue weighted by molar-refractivity contribution is 0.337. The predicted octanol–water partition coefficient (Wildman–Crippen LogP) is 5.72.